The molecule has 33 heavy (non-hydrogen) atoms. The molecule has 1 aliphatic heterocycles. The number of amides is 1. The SMILES string of the molecule is CCCCCN1C(=O)C(=O)/C(=C(/O)c2cc(OC)ccc2Cl)C1c1ccc(O)c(OCC)c1. The number of Topliss-reactive ketones (excluding diaryl/α,β-unsaturated/α-hetero) is 1. The second-order valence-electron chi connectivity index (χ2n) is 7.71. The quantitative estimate of drug-likeness (QED) is 0.228. The number of carbonyl (C=O) groups is 2. The number of likely N-dealkylation sites (tertiary alicyclic amines) is 1. The van der Waals surface area contributed by atoms with Gasteiger partial charge in [-0.1, -0.05) is 37.4 Å². The summed E-state index contributed by atoms with van der Waals surface area (Å²) in [6.07, 6.45) is 2.54. The number of phenols is 1. The van der Waals surface area contributed by atoms with Gasteiger partial charge in [0.15, 0.2) is 11.5 Å². The van der Waals surface area contributed by atoms with Gasteiger partial charge in [0.2, 0.25) is 0 Å². The first-order chi connectivity index (χ1) is 15.8. The first-order valence-electron chi connectivity index (χ1n) is 10.9. The Kier molecular flexibility index (Phi) is 7.87. The molecular formula is C25H28ClNO6. The summed E-state index contributed by atoms with van der Waals surface area (Å²) in [5.41, 5.74) is 0.656. The number of aliphatic hydroxyl groups excluding tert-OH is 1. The maximum atomic E-state index is 13.1. The van der Waals surface area contributed by atoms with Crippen molar-refractivity contribution in [2.75, 3.05) is 20.3 Å². The Labute approximate surface area is 198 Å². The molecule has 0 aliphatic carbocycles. The monoisotopic (exact) mass is 473 g/mol. The van der Waals surface area contributed by atoms with Crippen LogP contribution in [-0.2, 0) is 9.59 Å². The molecule has 1 atom stereocenters. The van der Waals surface area contributed by atoms with Crippen LogP contribution in [0, 0.1) is 0 Å². The lowest BCUT2D eigenvalue weighted by molar-refractivity contribution is -0.139. The molecule has 1 amide bonds. The Bertz CT molecular complexity index is 1080. The van der Waals surface area contributed by atoms with Crippen LogP contribution in [0.3, 0.4) is 0 Å². The summed E-state index contributed by atoms with van der Waals surface area (Å²) in [7, 11) is 1.48. The van der Waals surface area contributed by atoms with Gasteiger partial charge in [0.05, 0.1) is 30.4 Å². The molecule has 1 aliphatic rings. The van der Waals surface area contributed by atoms with Crippen LogP contribution in [0.15, 0.2) is 42.0 Å². The van der Waals surface area contributed by atoms with Crippen LogP contribution in [0.5, 0.6) is 17.2 Å². The Morgan fingerprint density at radius 3 is 2.55 bits per heavy atom. The van der Waals surface area contributed by atoms with Crippen LogP contribution in [-0.4, -0.2) is 47.1 Å². The number of hydrogen-bond donors (Lipinski definition) is 2. The third kappa shape index (κ3) is 4.93. The van der Waals surface area contributed by atoms with Gasteiger partial charge in [-0.05, 0) is 49.2 Å². The summed E-state index contributed by atoms with van der Waals surface area (Å²) in [6, 6.07) is 8.49. The van der Waals surface area contributed by atoms with Crippen LogP contribution in [0.4, 0.5) is 0 Å². The zero-order chi connectivity index (χ0) is 24.1. The van der Waals surface area contributed by atoms with E-state index in [-0.39, 0.29) is 33.4 Å². The molecule has 2 aromatic rings. The number of halogens is 1. The molecule has 1 heterocycles. The number of aliphatic hydroxyl groups is 1. The number of carbonyl (C=O) groups excluding carboxylic acids is 2. The fraction of sp³-hybridized carbons (Fsp3) is 0.360. The molecule has 1 unspecified atom stereocenters. The second kappa shape index (κ2) is 10.6. The third-order valence-electron chi connectivity index (χ3n) is 5.57. The standard InChI is InChI=1S/C25H28ClNO6/c1-4-6-7-12-27-22(15-8-11-19(28)20(13-15)33-5-2)21(24(30)25(27)31)23(29)17-14-16(32-3)9-10-18(17)26/h8-11,13-14,22,28-29H,4-7,12H2,1-3H3/b23-21+. The molecule has 0 spiro atoms. The molecule has 0 saturated carbocycles. The molecule has 3 rings (SSSR count). The van der Waals surface area contributed by atoms with Crippen LogP contribution in [0.1, 0.15) is 50.3 Å². The number of nitrogens with zero attached hydrogens (tertiary/aromatic N) is 1. The highest BCUT2D eigenvalue weighted by Gasteiger charge is 2.46. The fourth-order valence-electron chi connectivity index (χ4n) is 3.92. The molecule has 176 valence electrons. The predicted octanol–water partition coefficient (Wildman–Crippen LogP) is 5.06. The summed E-state index contributed by atoms with van der Waals surface area (Å²) in [4.78, 5) is 27.6. The molecule has 0 aromatic heterocycles. The van der Waals surface area contributed by atoms with Crippen molar-refractivity contribution in [3.63, 3.8) is 0 Å². The van der Waals surface area contributed by atoms with Crippen LogP contribution in [0.2, 0.25) is 5.02 Å². The highest BCUT2D eigenvalue weighted by molar-refractivity contribution is 6.47. The van der Waals surface area contributed by atoms with Crippen molar-refractivity contribution in [2.45, 2.75) is 39.2 Å². The zero-order valence-corrected chi connectivity index (χ0v) is 19.7. The number of benzene rings is 2. The highest BCUT2D eigenvalue weighted by atomic mass is 35.5. The van der Waals surface area contributed by atoms with E-state index in [1.807, 2.05) is 6.92 Å². The first-order valence-corrected chi connectivity index (χ1v) is 11.3. The summed E-state index contributed by atoms with van der Waals surface area (Å²) < 4.78 is 10.7. The lowest BCUT2D eigenvalue weighted by atomic mass is 9.94. The van der Waals surface area contributed by atoms with E-state index in [2.05, 4.69) is 0 Å². The normalized spacial score (nSPS) is 17.5. The number of phenolic OH excluding ortho intramolecular Hbond substituents is 1. The zero-order valence-electron chi connectivity index (χ0n) is 18.9. The van der Waals surface area contributed by atoms with E-state index < -0.39 is 17.7 Å². The van der Waals surface area contributed by atoms with Gasteiger partial charge >= 0.3 is 0 Å². The van der Waals surface area contributed by atoms with Gasteiger partial charge < -0.3 is 24.6 Å². The molecule has 8 heteroatoms. The lowest BCUT2D eigenvalue weighted by Gasteiger charge is -2.26. The largest absolute Gasteiger partial charge is 0.507 e. The van der Waals surface area contributed by atoms with E-state index in [9.17, 15) is 19.8 Å². The minimum absolute atomic E-state index is 0.0561. The average molecular weight is 474 g/mol. The van der Waals surface area contributed by atoms with Gasteiger partial charge in [0, 0.05) is 12.1 Å². The van der Waals surface area contributed by atoms with Crippen LogP contribution in [0.25, 0.3) is 5.76 Å². The van der Waals surface area contributed by atoms with Crippen molar-refractivity contribution in [3.8, 4) is 17.2 Å². The van der Waals surface area contributed by atoms with Crippen molar-refractivity contribution in [2.24, 2.45) is 0 Å². The van der Waals surface area contributed by atoms with E-state index >= 15 is 0 Å². The van der Waals surface area contributed by atoms with Gasteiger partial charge in [0.1, 0.15) is 11.5 Å². The summed E-state index contributed by atoms with van der Waals surface area (Å²) >= 11 is 6.32. The van der Waals surface area contributed by atoms with Gasteiger partial charge in [-0.2, -0.15) is 0 Å². The van der Waals surface area contributed by atoms with Gasteiger partial charge in [-0.25, -0.2) is 0 Å². The van der Waals surface area contributed by atoms with Crippen molar-refractivity contribution in [1.82, 2.24) is 4.90 Å². The van der Waals surface area contributed by atoms with E-state index in [1.54, 1.807) is 31.2 Å². The van der Waals surface area contributed by atoms with Crippen LogP contribution < -0.4 is 9.47 Å². The number of rotatable bonds is 9. The number of ether oxygens (including phenoxy) is 2. The predicted molar refractivity (Wildman–Crippen MR) is 126 cm³/mol. The second-order valence-corrected chi connectivity index (χ2v) is 8.11. The Balaban J connectivity index is 2.20. The number of unbranched alkanes of at least 4 members (excludes halogenated alkanes) is 2. The summed E-state index contributed by atoms with van der Waals surface area (Å²) in [5.74, 6) is -1.25. The Morgan fingerprint density at radius 2 is 1.88 bits per heavy atom. The van der Waals surface area contributed by atoms with Gasteiger partial charge in [0.25, 0.3) is 11.7 Å². The number of ketones is 1. The average Bonchev–Trinajstić information content (AvgIpc) is 3.06. The first kappa shape index (κ1) is 24.5. The Hall–Kier alpha value is -3.19. The summed E-state index contributed by atoms with van der Waals surface area (Å²) in [5, 5.41) is 21.6. The molecule has 7 nitrogen and oxygen atoms in total. The van der Waals surface area contributed by atoms with Crippen molar-refractivity contribution in [3.05, 3.63) is 58.1 Å². The van der Waals surface area contributed by atoms with Crippen LogP contribution >= 0.6 is 11.6 Å². The van der Waals surface area contributed by atoms with Gasteiger partial charge in [-0.15, -0.1) is 0 Å². The van der Waals surface area contributed by atoms with Gasteiger partial charge in [-0.3, -0.25) is 9.59 Å². The maximum absolute atomic E-state index is 13.1. The maximum Gasteiger partial charge on any atom is 0.295 e. The smallest absolute Gasteiger partial charge is 0.295 e. The molecule has 0 radical (unpaired) electrons. The van der Waals surface area contributed by atoms with E-state index in [0.29, 0.717) is 30.9 Å². The molecule has 2 aromatic carbocycles. The molecule has 0 bridgehead atoms. The molecular weight excluding hydrogens is 446 g/mol. The van der Waals surface area contributed by atoms with Crippen molar-refractivity contribution in [1.29, 1.82) is 0 Å². The lowest BCUT2D eigenvalue weighted by Crippen LogP contribution is -2.30. The minimum atomic E-state index is -0.857. The van der Waals surface area contributed by atoms with Crippen molar-refractivity contribution >= 4 is 29.1 Å². The Morgan fingerprint density at radius 1 is 1.12 bits per heavy atom. The number of aromatic hydroxyl groups is 1. The number of methoxy groups -OCH3 is 1. The number of hydrogen-bond acceptors (Lipinski definition) is 6. The van der Waals surface area contributed by atoms with Crippen molar-refractivity contribution < 1.29 is 29.3 Å². The highest BCUT2D eigenvalue weighted by Crippen LogP contribution is 2.43. The molecule has 1 saturated heterocycles. The topological polar surface area (TPSA) is 96.3 Å². The van der Waals surface area contributed by atoms with E-state index in [0.717, 1.165) is 12.8 Å². The fourth-order valence-corrected chi connectivity index (χ4v) is 4.13. The third-order valence-corrected chi connectivity index (χ3v) is 5.90. The summed E-state index contributed by atoms with van der Waals surface area (Å²) in [6.45, 7) is 4.50. The molecule has 1 fully saturated rings. The van der Waals surface area contributed by atoms with E-state index in [4.69, 9.17) is 21.1 Å². The molecule has 2 N–H and O–H groups in total. The van der Waals surface area contributed by atoms with E-state index in [1.165, 1.54) is 24.1 Å². The minimum Gasteiger partial charge on any atom is -0.507 e.